The summed E-state index contributed by atoms with van der Waals surface area (Å²) in [5.74, 6) is 1.76. The molecule has 2 aliphatic rings. The molecule has 0 saturated carbocycles. The minimum Gasteiger partial charge on any atom is -0.493 e. The summed E-state index contributed by atoms with van der Waals surface area (Å²) in [7, 11) is 0. The molecular formula is C15H20BrNO. The maximum Gasteiger partial charge on any atom is 0.122 e. The zero-order valence-corrected chi connectivity index (χ0v) is 12.2. The van der Waals surface area contributed by atoms with Crippen molar-refractivity contribution in [1.82, 2.24) is 4.90 Å². The van der Waals surface area contributed by atoms with Gasteiger partial charge in [0.2, 0.25) is 0 Å². The van der Waals surface area contributed by atoms with Crippen LogP contribution in [0.5, 0.6) is 5.75 Å². The van der Waals surface area contributed by atoms with E-state index in [9.17, 15) is 0 Å². The summed E-state index contributed by atoms with van der Waals surface area (Å²) in [4.78, 5) is 3.35. The van der Waals surface area contributed by atoms with Gasteiger partial charge in [-0.25, -0.2) is 0 Å². The maximum atomic E-state index is 5.73. The Kier molecular flexibility index (Phi) is 3.90. The van der Waals surface area contributed by atoms with Gasteiger partial charge in [0.05, 0.1) is 6.61 Å². The molecular weight excluding hydrogens is 290 g/mol. The number of likely N-dealkylation sites (tertiary alicyclic amines) is 1. The number of benzene rings is 1. The Morgan fingerprint density at radius 3 is 2.78 bits per heavy atom. The Balaban J connectivity index is 1.67. The highest BCUT2D eigenvalue weighted by Gasteiger charge is 2.25. The van der Waals surface area contributed by atoms with Gasteiger partial charge >= 0.3 is 0 Å². The van der Waals surface area contributed by atoms with Crippen LogP contribution in [-0.4, -0.2) is 36.0 Å². The first-order chi connectivity index (χ1) is 8.83. The number of rotatable bonds is 2. The molecule has 3 heteroatoms. The largest absolute Gasteiger partial charge is 0.493 e. The topological polar surface area (TPSA) is 12.5 Å². The van der Waals surface area contributed by atoms with Gasteiger partial charge in [-0.3, -0.25) is 0 Å². The van der Waals surface area contributed by atoms with Crippen LogP contribution in [-0.2, 0) is 0 Å². The molecule has 1 aromatic rings. The molecule has 3 rings (SSSR count). The molecule has 0 aliphatic carbocycles. The highest BCUT2D eigenvalue weighted by atomic mass is 79.9. The summed E-state index contributed by atoms with van der Waals surface area (Å²) in [6, 6.07) is 8.53. The SMILES string of the molecule is BrC1CCN(CC2CCOc3ccccc32)CC1. The van der Waals surface area contributed by atoms with Gasteiger partial charge in [-0.15, -0.1) is 0 Å². The number of hydrogen-bond donors (Lipinski definition) is 0. The number of nitrogens with zero attached hydrogens (tertiary/aromatic N) is 1. The van der Waals surface area contributed by atoms with E-state index in [1.165, 1.54) is 38.0 Å². The molecule has 1 saturated heterocycles. The van der Waals surface area contributed by atoms with Crippen LogP contribution in [0.15, 0.2) is 24.3 Å². The summed E-state index contributed by atoms with van der Waals surface area (Å²) in [6.45, 7) is 4.53. The van der Waals surface area contributed by atoms with Crippen LogP contribution in [0, 0.1) is 0 Å². The summed E-state index contributed by atoms with van der Waals surface area (Å²) in [6.07, 6.45) is 3.72. The number of piperidine rings is 1. The minimum atomic E-state index is 0.654. The lowest BCUT2D eigenvalue weighted by molar-refractivity contribution is 0.191. The van der Waals surface area contributed by atoms with Gasteiger partial charge in [-0.1, -0.05) is 34.1 Å². The first-order valence-corrected chi connectivity index (χ1v) is 7.82. The number of halogens is 1. The van der Waals surface area contributed by atoms with Crippen LogP contribution in [0.4, 0.5) is 0 Å². The second-order valence-corrected chi connectivity index (χ2v) is 6.64. The average Bonchev–Trinajstić information content (AvgIpc) is 2.42. The van der Waals surface area contributed by atoms with Crippen molar-refractivity contribution in [3.05, 3.63) is 29.8 Å². The Labute approximate surface area is 117 Å². The Bertz CT molecular complexity index is 401. The molecule has 18 heavy (non-hydrogen) atoms. The first kappa shape index (κ1) is 12.5. The summed E-state index contributed by atoms with van der Waals surface area (Å²) in [5.41, 5.74) is 1.41. The van der Waals surface area contributed by atoms with Crippen molar-refractivity contribution in [2.75, 3.05) is 26.2 Å². The van der Waals surface area contributed by atoms with Crippen molar-refractivity contribution < 1.29 is 4.74 Å². The molecule has 0 radical (unpaired) electrons. The van der Waals surface area contributed by atoms with E-state index in [2.05, 4.69) is 45.1 Å². The summed E-state index contributed by atoms with van der Waals surface area (Å²) >= 11 is 3.72. The van der Waals surface area contributed by atoms with Gasteiger partial charge in [0.1, 0.15) is 5.75 Å². The summed E-state index contributed by atoms with van der Waals surface area (Å²) in [5, 5.41) is 0. The molecule has 0 N–H and O–H groups in total. The Morgan fingerprint density at radius 1 is 1.17 bits per heavy atom. The fourth-order valence-electron chi connectivity index (χ4n) is 3.00. The van der Waals surface area contributed by atoms with Crippen LogP contribution in [0.2, 0.25) is 0 Å². The third-order valence-electron chi connectivity index (χ3n) is 4.08. The molecule has 1 aromatic carbocycles. The zero-order chi connectivity index (χ0) is 12.4. The molecule has 0 spiro atoms. The molecule has 0 aromatic heterocycles. The van der Waals surface area contributed by atoms with Crippen LogP contribution in [0.1, 0.15) is 30.7 Å². The molecule has 2 nitrogen and oxygen atoms in total. The molecule has 0 amide bonds. The predicted molar refractivity (Wildman–Crippen MR) is 77.7 cm³/mol. The normalized spacial score (nSPS) is 25.5. The van der Waals surface area contributed by atoms with Crippen molar-refractivity contribution in [2.45, 2.75) is 30.0 Å². The number of para-hydroxylation sites is 1. The van der Waals surface area contributed by atoms with Crippen LogP contribution < -0.4 is 4.74 Å². The molecule has 2 aliphatic heterocycles. The van der Waals surface area contributed by atoms with E-state index < -0.39 is 0 Å². The fourth-order valence-corrected chi connectivity index (χ4v) is 3.41. The van der Waals surface area contributed by atoms with E-state index in [-0.39, 0.29) is 0 Å². The van der Waals surface area contributed by atoms with Crippen LogP contribution in [0.25, 0.3) is 0 Å². The van der Waals surface area contributed by atoms with Crippen molar-refractivity contribution in [2.24, 2.45) is 0 Å². The van der Waals surface area contributed by atoms with Crippen molar-refractivity contribution >= 4 is 15.9 Å². The number of alkyl halides is 1. The molecule has 2 heterocycles. The highest BCUT2D eigenvalue weighted by Crippen LogP contribution is 2.34. The van der Waals surface area contributed by atoms with E-state index in [0.29, 0.717) is 5.92 Å². The van der Waals surface area contributed by atoms with Crippen LogP contribution >= 0.6 is 15.9 Å². The molecule has 98 valence electrons. The maximum absolute atomic E-state index is 5.73. The molecule has 1 atom stereocenters. The predicted octanol–water partition coefficient (Wildman–Crippen LogP) is 3.41. The lowest BCUT2D eigenvalue weighted by atomic mass is 9.92. The second kappa shape index (κ2) is 5.62. The number of fused-ring (bicyclic) bond motifs is 1. The molecule has 1 unspecified atom stereocenters. The standard InChI is InChI=1S/C15H20BrNO/c16-13-5-8-17(9-6-13)11-12-7-10-18-15-4-2-1-3-14(12)15/h1-4,12-13H,5-11H2. The zero-order valence-electron chi connectivity index (χ0n) is 10.6. The fraction of sp³-hybridized carbons (Fsp3) is 0.600. The van der Waals surface area contributed by atoms with Gasteiger partial charge in [-0.2, -0.15) is 0 Å². The van der Waals surface area contributed by atoms with Crippen molar-refractivity contribution in [3.63, 3.8) is 0 Å². The number of hydrogen-bond acceptors (Lipinski definition) is 2. The smallest absolute Gasteiger partial charge is 0.122 e. The average molecular weight is 310 g/mol. The highest BCUT2D eigenvalue weighted by molar-refractivity contribution is 9.09. The molecule has 1 fully saturated rings. The quantitative estimate of drug-likeness (QED) is 0.776. The van der Waals surface area contributed by atoms with Gasteiger partial charge in [0.15, 0.2) is 0 Å². The third-order valence-corrected chi connectivity index (χ3v) is 4.99. The third kappa shape index (κ3) is 2.72. The van der Waals surface area contributed by atoms with Gasteiger partial charge < -0.3 is 9.64 Å². The van der Waals surface area contributed by atoms with Gasteiger partial charge in [0.25, 0.3) is 0 Å². The summed E-state index contributed by atoms with van der Waals surface area (Å²) < 4.78 is 5.73. The molecule has 0 bridgehead atoms. The van der Waals surface area contributed by atoms with Crippen LogP contribution in [0.3, 0.4) is 0 Å². The van der Waals surface area contributed by atoms with E-state index in [0.717, 1.165) is 23.6 Å². The van der Waals surface area contributed by atoms with Gasteiger partial charge in [0, 0.05) is 17.3 Å². The number of ether oxygens (including phenoxy) is 1. The van der Waals surface area contributed by atoms with E-state index in [1.54, 1.807) is 0 Å². The van der Waals surface area contributed by atoms with E-state index in [1.807, 2.05) is 0 Å². The Morgan fingerprint density at radius 2 is 1.94 bits per heavy atom. The lowest BCUT2D eigenvalue weighted by Crippen LogP contribution is -2.37. The van der Waals surface area contributed by atoms with Crippen molar-refractivity contribution in [3.8, 4) is 5.75 Å². The minimum absolute atomic E-state index is 0.654. The van der Waals surface area contributed by atoms with Gasteiger partial charge in [-0.05, 0) is 44.0 Å². The van der Waals surface area contributed by atoms with E-state index >= 15 is 0 Å². The lowest BCUT2D eigenvalue weighted by Gasteiger charge is -2.34. The second-order valence-electron chi connectivity index (χ2n) is 5.35. The van der Waals surface area contributed by atoms with E-state index in [4.69, 9.17) is 4.74 Å². The van der Waals surface area contributed by atoms with Crippen molar-refractivity contribution in [1.29, 1.82) is 0 Å². The Hall–Kier alpha value is -0.540. The first-order valence-electron chi connectivity index (χ1n) is 6.91. The monoisotopic (exact) mass is 309 g/mol.